The van der Waals surface area contributed by atoms with Crippen LogP contribution in [0.5, 0.6) is 5.75 Å². The first-order valence-corrected chi connectivity index (χ1v) is 30.3. The molecule has 27 heteroatoms. The SMILES string of the molecule is C.C.COc1ccc2c(cc(C#N)n2CCc2ccc([N+](=O)[O-])nc2)c1C.Cc1c(CN2CCC(Nc3ncnc4sc(CC(F)(F)F)cc34)CC2)ccc2c1cc(C#N)n2CCc1ccc(N)nc1.FC(F)(F)Cc1cc2c(NC3CCNCC3)ncnc2s1. The molecule has 0 saturated carbocycles. The minimum Gasteiger partial charge on any atom is -0.496 e. The molecule has 10 aromatic rings. The van der Waals surface area contributed by atoms with Crippen molar-refractivity contribution in [3.8, 4) is 17.9 Å². The summed E-state index contributed by atoms with van der Waals surface area (Å²) in [6.45, 7) is 9.79. The van der Waals surface area contributed by atoms with Gasteiger partial charge in [-0.25, -0.2) is 24.9 Å². The number of fused-ring (bicyclic) bond motifs is 4. The average molecular weight is 1290 g/mol. The number of aromatic nitrogens is 8. The lowest BCUT2D eigenvalue weighted by atomic mass is 10.0. The molecule has 91 heavy (non-hydrogen) atoms. The Kier molecular flexibility index (Phi) is 22.2. The number of halogens is 6. The summed E-state index contributed by atoms with van der Waals surface area (Å²) in [4.78, 5) is 39.0. The number of benzene rings is 2. The Bertz CT molecular complexity index is 4210. The summed E-state index contributed by atoms with van der Waals surface area (Å²) in [5.41, 5.74) is 14.3. The number of nitrogens with zero attached hydrogens (tertiary/aromatic N) is 12. The summed E-state index contributed by atoms with van der Waals surface area (Å²) in [7, 11) is 1.62. The third-order valence-electron chi connectivity index (χ3n) is 15.8. The molecule has 19 nitrogen and oxygen atoms in total. The number of thiophene rings is 2. The molecule has 12 rings (SSSR count). The van der Waals surface area contributed by atoms with Crippen LogP contribution in [0.3, 0.4) is 0 Å². The number of nitrogen functional groups attached to an aromatic ring is 1. The predicted molar refractivity (Wildman–Crippen MR) is 346 cm³/mol. The van der Waals surface area contributed by atoms with Gasteiger partial charge in [0.15, 0.2) is 0 Å². The number of nitrogens with one attached hydrogen (secondary N) is 3. The third-order valence-corrected chi connectivity index (χ3v) is 17.9. The van der Waals surface area contributed by atoms with Crippen molar-refractivity contribution in [3.63, 3.8) is 0 Å². The highest BCUT2D eigenvalue weighted by Gasteiger charge is 2.31. The fourth-order valence-electron chi connectivity index (χ4n) is 11.2. The van der Waals surface area contributed by atoms with Gasteiger partial charge in [0.1, 0.15) is 75.2 Å². The Morgan fingerprint density at radius 1 is 0.681 bits per heavy atom. The van der Waals surface area contributed by atoms with Gasteiger partial charge in [0.25, 0.3) is 0 Å². The number of alkyl halides is 6. The van der Waals surface area contributed by atoms with E-state index in [0.717, 1.165) is 132 Å². The highest BCUT2D eigenvalue weighted by Crippen LogP contribution is 2.36. The first-order chi connectivity index (χ1) is 42.7. The van der Waals surface area contributed by atoms with Gasteiger partial charge in [-0.05, 0) is 152 Å². The number of methoxy groups -OCH3 is 1. The molecule has 2 fully saturated rings. The Morgan fingerprint density at radius 3 is 1.66 bits per heavy atom. The quantitative estimate of drug-likeness (QED) is 0.0399. The lowest BCUT2D eigenvalue weighted by molar-refractivity contribution is -0.389. The molecule has 0 radical (unpaired) electrons. The summed E-state index contributed by atoms with van der Waals surface area (Å²) < 4.78 is 85.5. The number of hydrogen-bond acceptors (Lipinski definition) is 18. The molecule has 0 aliphatic carbocycles. The van der Waals surface area contributed by atoms with Gasteiger partial charge >= 0.3 is 18.2 Å². The van der Waals surface area contributed by atoms with Gasteiger partial charge in [0.05, 0.1) is 30.7 Å². The lowest BCUT2D eigenvalue weighted by Gasteiger charge is -2.33. The maximum absolute atomic E-state index is 12.9. The molecule has 2 aliphatic heterocycles. The van der Waals surface area contributed by atoms with Crippen molar-refractivity contribution in [3.05, 3.63) is 157 Å². The van der Waals surface area contributed by atoms with E-state index in [2.05, 4.69) is 86.5 Å². The van der Waals surface area contributed by atoms with Crippen molar-refractivity contribution in [2.75, 3.05) is 49.7 Å². The molecule has 0 spiro atoms. The Labute approximate surface area is 530 Å². The van der Waals surface area contributed by atoms with Gasteiger partial charge in [-0.15, -0.1) is 22.7 Å². The summed E-state index contributed by atoms with van der Waals surface area (Å²) in [6.07, 6.45) is 0.870. The zero-order chi connectivity index (χ0) is 63.0. The monoisotopic (exact) mass is 1290 g/mol. The van der Waals surface area contributed by atoms with Crippen molar-refractivity contribution in [2.24, 2.45) is 0 Å². The van der Waals surface area contributed by atoms with Gasteiger partial charge in [-0.3, -0.25) is 4.90 Å². The zero-order valence-corrected chi connectivity index (χ0v) is 50.4. The van der Waals surface area contributed by atoms with Gasteiger partial charge in [-0.2, -0.15) is 36.9 Å². The molecular formula is C64H70F6N16O3S2. The standard InChI is InChI=1S/C31H31F3N8S.C18H16N4O3.C13H15F3N4S.2CH4/c1-19-21(3-4-27-25(19)12-23(15-35)42(27)11-6-20-2-5-28(36)37-16-20)17-41-9-7-22(8-10-41)40-29-26-13-24(14-31(32,33)34)43-30(26)39-18-38-29;1-12-15-9-14(10-19)21(16(15)4-5-17(12)25-2)8-7-13-3-6-18(20-11-13)22(23)24;14-13(15,16)6-9-5-10-11(18-7-19-12(10)21-9)20-8-1-3-17-4-2-8;;/h2-5,12-13,16,18,22H,6-11,14,17H2,1H3,(H2,36,37)(H,38,39,40);3-6,9,11H,7-8H2,1-2H3;5,7-8,17H,1-4,6H2,(H,18,19,20);2*1H4. The van der Waals surface area contributed by atoms with E-state index in [-0.39, 0.29) is 36.5 Å². The molecule has 0 atom stereocenters. The number of aryl methyl sites for hydroxylation is 6. The summed E-state index contributed by atoms with van der Waals surface area (Å²) in [5, 5.41) is 43.4. The minimum atomic E-state index is -4.25. The number of nitro groups is 1. The number of anilines is 3. The van der Waals surface area contributed by atoms with E-state index in [1.54, 1.807) is 37.6 Å². The molecule has 5 N–H and O–H groups in total. The van der Waals surface area contributed by atoms with Crippen molar-refractivity contribution in [2.45, 2.75) is 124 Å². The first-order valence-electron chi connectivity index (χ1n) is 28.7. The summed E-state index contributed by atoms with van der Waals surface area (Å²) in [6, 6.07) is 27.0. The van der Waals surface area contributed by atoms with E-state index < -0.39 is 30.1 Å². The van der Waals surface area contributed by atoms with E-state index >= 15 is 0 Å². The van der Waals surface area contributed by atoms with Crippen LogP contribution in [0.2, 0.25) is 0 Å². The number of piperidine rings is 2. The molecule has 0 bridgehead atoms. The largest absolute Gasteiger partial charge is 0.496 e. The van der Waals surface area contributed by atoms with E-state index in [1.807, 2.05) is 41.8 Å². The number of pyridine rings is 2. The van der Waals surface area contributed by atoms with Crippen molar-refractivity contribution < 1.29 is 36.0 Å². The second kappa shape index (κ2) is 29.7. The van der Waals surface area contributed by atoms with E-state index in [1.165, 1.54) is 36.0 Å². The van der Waals surface area contributed by atoms with Crippen LogP contribution >= 0.6 is 22.7 Å². The number of hydrogen-bond donors (Lipinski definition) is 4. The second-order valence-electron chi connectivity index (χ2n) is 21.8. The van der Waals surface area contributed by atoms with E-state index in [0.29, 0.717) is 74.8 Å². The molecule has 2 aromatic carbocycles. The van der Waals surface area contributed by atoms with Crippen LogP contribution in [0, 0.1) is 46.6 Å². The molecule has 8 aromatic heterocycles. The van der Waals surface area contributed by atoms with Crippen LogP contribution in [0.1, 0.15) is 89.5 Å². The molecule has 0 amide bonds. The van der Waals surface area contributed by atoms with Crippen LogP contribution in [0.15, 0.2) is 97.8 Å². The van der Waals surface area contributed by atoms with Crippen molar-refractivity contribution in [1.29, 1.82) is 10.5 Å². The van der Waals surface area contributed by atoms with Gasteiger partial charge in [0.2, 0.25) is 0 Å². The van der Waals surface area contributed by atoms with Crippen LogP contribution in [-0.4, -0.2) is 107 Å². The molecule has 10 heterocycles. The fourth-order valence-corrected chi connectivity index (χ4v) is 13.3. The van der Waals surface area contributed by atoms with E-state index in [9.17, 15) is 47.0 Å². The first kappa shape index (κ1) is 67.9. The summed E-state index contributed by atoms with van der Waals surface area (Å²) >= 11 is 2.14. The maximum atomic E-state index is 12.9. The van der Waals surface area contributed by atoms with Crippen LogP contribution in [-0.2, 0) is 45.3 Å². The number of ether oxygens (including phenoxy) is 1. The second-order valence-corrected chi connectivity index (χ2v) is 24.1. The molecule has 478 valence electrons. The molecule has 2 aliphatic rings. The van der Waals surface area contributed by atoms with Crippen LogP contribution in [0.4, 0.5) is 49.6 Å². The number of likely N-dealkylation sites (tertiary alicyclic amines) is 1. The average Bonchev–Trinajstić information content (AvgIpc) is 1.69. The predicted octanol–water partition coefficient (Wildman–Crippen LogP) is 13.8. The lowest BCUT2D eigenvalue weighted by Crippen LogP contribution is -2.39. The Hall–Kier alpha value is -9.02. The zero-order valence-electron chi connectivity index (χ0n) is 48.8. The van der Waals surface area contributed by atoms with Gasteiger partial charge < -0.3 is 45.7 Å². The number of rotatable bonds is 16. The third kappa shape index (κ3) is 16.9. The van der Waals surface area contributed by atoms with Crippen molar-refractivity contribution in [1.82, 2.24) is 49.3 Å². The molecule has 0 unspecified atom stereocenters. The number of nitrogens with two attached hydrogens (primary N) is 1. The number of nitriles is 2. The molecular weight excluding hydrogens is 1220 g/mol. The van der Waals surface area contributed by atoms with Gasteiger partial charge in [0, 0.05) is 94.2 Å². The van der Waals surface area contributed by atoms with Crippen molar-refractivity contribution >= 4 is 88.2 Å². The highest BCUT2D eigenvalue weighted by atomic mass is 32.1. The van der Waals surface area contributed by atoms with Gasteiger partial charge in [-0.1, -0.05) is 27.0 Å². The maximum Gasteiger partial charge on any atom is 0.393 e. The minimum absolute atomic E-state index is 0. The fraction of sp³-hybridized carbons (Fsp3) is 0.375. The van der Waals surface area contributed by atoms with E-state index in [4.69, 9.17) is 10.5 Å². The smallest absolute Gasteiger partial charge is 0.393 e. The highest BCUT2D eigenvalue weighted by molar-refractivity contribution is 7.19. The van der Waals surface area contributed by atoms with Crippen LogP contribution in [0.25, 0.3) is 42.2 Å². The van der Waals surface area contributed by atoms with Crippen LogP contribution < -0.4 is 26.4 Å². The molecule has 2 saturated heterocycles. The normalized spacial score (nSPS) is 13.9. The Morgan fingerprint density at radius 2 is 1.19 bits per heavy atom. The topological polar surface area (TPSA) is 252 Å². The Balaban J connectivity index is 0.000000189. The summed E-state index contributed by atoms with van der Waals surface area (Å²) in [5.74, 6) is 2.34.